The number of halogens is 1. The van der Waals surface area contributed by atoms with Crippen LogP contribution in [0.3, 0.4) is 0 Å². The van der Waals surface area contributed by atoms with Crippen molar-refractivity contribution in [1.29, 1.82) is 0 Å². The van der Waals surface area contributed by atoms with E-state index in [1.54, 1.807) is 18.4 Å². The fourth-order valence-corrected chi connectivity index (χ4v) is 4.42. The van der Waals surface area contributed by atoms with Gasteiger partial charge in [-0.2, -0.15) is 0 Å². The minimum atomic E-state index is 0.123. The summed E-state index contributed by atoms with van der Waals surface area (Å²) in [6, 6.07) is 15.6. The molecule has 150 valence electrons. The summed E-state index contributed by atoms with van der Waals surface area (Å²) in [5.41, 5.74) is 2.91. The molecule has 5 nitrogen and oxygen atoms in total. The lowest BCUT2D eigenvalue weighted by atomic mass is 10.2. The third-order valence-corrected chi connectivity index (χ3v) is 6.23. The van der Waals surface area contributed by atoms with Crippen LogP contribution in [-0.2, 0) is 11.2 Å². The van der Waals surface area contributed by atoms with Gasteiger partial charge in [0.2, 0.25) is 5.91 Å². The second-order valence-electron chi connectivity index (χ2n) is 6.87. The number of amides is 1. The van der Waals surface area contributed by atoms with Crippen LogP contribution in [0.25, 0.3) is 10.6 Å². The quantitative estimate of drug-likeness (QED) is 0.606. The van der Waals surface area contributed by atoms with E-state index in [-0.39, 0.29) is 5.91 Å². The van der Waals surface area contributed by atoms with Crippen molar-refractivity contribution in [1.82, 2.24) is 9.88 Å². The first-order valence-corrected chi connectivity index (χ1v) is 10.8. The van der Waals surface area contributed by atoms with Gasteiger partial charge in [0.25, 0.3) is 0 Å². The Hall–Kier alpha value is -2.57. The molecule has 7 heteroatoms. The van der Waals surface area contributed by atoms with Gasteiger partial charge in [-0.25, -0.2) is 4.98 Å². The number of carbonyl (C=O) groups is 1. The molecule has 0 N–H and O–H groups in total. The Morgan fingerprint density at radius 1 is 1.10 bits per heavy atom. The molecule has 1 fully saturated rings. The number of hydrogen-bond donors (Lipinski definition) is 0. The summed E-state index contributed by atoms with van der Waals surface area (Å²) in [7, 11) is 1.69. The number of methoxy groups -OCH3 is 1. The van der Waals surface area contributed by atoms with Gasteiger partial charge in [0, 0.05) is 42.1 Å². The highest BCUT2D eigenvalue weighted by atomic mass is 35.5. The number of piperazine rings is 1. The Balaban J connectivity index is 1.35. The predicted octanol–water partition coefficient (Wildman–Crippen LogP) is 4.36. The summed E-state index contributed by atoms with van der Waals surface area (Å²) < 4.78 is 5.46. The zero-order valence-corrected chi connectivity index (χ0v) is 17.7. The van der Waals surface area contributed by atoms with Crippen molar-refractivity contribution in [2.75, 3.05) is 38.2 Å². The van der Waals surface area contributed by atoms with Crippen LogP contribution < -0.4 is 9.64 Å². The zero-order chi connectivity index (χ0) is 20.2. The van der Waals surface area contributed by atoms with Crippen molar-refractivity contribution in [3.63, 3.8) is 0 Å². The maximum Gasteiger partial charge on any atom is 0.228 e. The van der Waals surface area contributed by atoms with Gasteiger partial charge in [0.15, 0.2) is 0 Å². The minimum Gasteiger partial charge on any atom is -0.495 e. The molecule has 1 aromatic heterocycles. The van der Waals surface area contributed by atoms with Gasteiger partial charge >= 0.3 is 0 Å². The lowest BCUT2D eigenvalue weighted by Gasteiger charge is -2.36. The fourth-order valence-electron chi connectivity index (χ4n) is 3.47. The number of nitrogens with zero attached hydrogens (tertiary/aromatic N) is 3. The molecule has 0 saturated carbocycles. The number of para-hydroxylation sites is 2. The molecular formula is C22H22ClN3O2S. The number of rotatable bonds is 5. The summed E-state index contributed by atoms with van der Waals surface area (Å²) in [5, 5.41) is 3.57. The number of benzene rings is 2. The van der Waals surface area contributed by atoms with E-state index in [2.05, 4.69) is 16.0 Å². The van der Waals surface area contributed by atoms with Crippen LogP contribution >= 0.6 is 22.9 Å². The lowest BCUT2D eigenvalue weighted by Crippen LogP contribution is -2.49. The topological polar surface area (TPSA) is 45.7 Å². The maximum atomic E-state index is 12.8. The third kappa shape index (κ3) is 4.54. The molecule has 2 aromatic carbocycles. The third-order valence-electron chi connectivity index (χ3n) is 5.03. The van der Waals surface area contributed by atoms with Crippen molar-refractivity contribution >= 4 is 34.5 Å². The van der Waals surface area contributed by atoms with E-state index in [0.717, 1.165) is 40.8 Å². The van der Waals surface area contributed by atoms with Gasteiger partial charge in [-0.1, -0.05) is 35.9 Å². The predicted molar refractivity (Wildman–Crippen MR) is 118 cm³/mol. The highest BCUT2D eigenvalue weighted by Crippen LogP contribution is 2.29. The number of carbonyl (C=O) groups excluding carboxylic acids is 1. The fraction of sp³-hybridized carbons (Fsp3) is 0.273. The number of ether oxygens (including phenoxy) is 1. The second kappa shape index (κ2) is 8.84. The van der Waals surface area contributed by atoms with Crippen molar-refractivity contribution in [2.24, 2.45) is 0 Å². The molecular weight excluding hydrogens is 406 g/mol. The van der Waals surface area contributed by atoms with Crippen molar-refractivity contribution in [3.8, 4) is 16.3 Å². The first kappa shape index (κ1) is 19.7. The molecule has 2 heterocycles. The number of anilines is 1. The molecule has 0 unspecified atom stereocenters. The Morgan fingerprint density at radius 3 is 2.55 bits per heavy atom. The normalized spacial score (nSPS) is 14.1. The number of hydrogen-bond acceptors (Lipinski definition) is 5. The molecule has 4 rings (SSSR count). The first-order chi connectivity index (χ1) is 14.1. The summed E-state index contributed by atoms with van der Waals surface area (Å²) in [4.78, 5) is 21.6. The van der Waals surface area contributed by atoms with Crippen molar-refractivity contribution in [3.05, 3.63) is 64.6 Å². The molecule has 29 heavy (non-hydrogen) atoms. The average Bonchev–Trinajstić information content (AvgIpc) is 3.22. The van der Waals surface area contributed by atoms with Crippen LogP contribution in [0.1, 0.15) is 5.69 Å². The van der Waals surface area contributed by atoms with Crippen LogP contribution in [-0.4, -0.2) is 49.1 Å². The van der Waals surface area contributed by atoms with Gasteiger partial charge in [0.05, 0.1) is 24.9 Å². The summed E-state index contributed by atoms with van der Waals surface area (Å²) in [5.74, 6) is 0.988. The van der Waals surface area contributed by atoms with Gasteiger partial charge in [-0.15, -0.1) is 11.3 Å². The number of aromatic nitrogens is 1. The van der Waals surface area contributed by atoms with Gasteiger partial charge < -0.3 is 14.5 Å². The molecule has 1 saturated heterocycles. The maximum absolute atomic E-state index is 12.8. The van der Waals surface area contributed by atoms with E-state index < -0.39 is 0 Å². The highest BCUT2D eigenvalue weighted by Gasteiger charge is 2.23. The summed E-state index contributed by atoms with van der Waals surface area (Å²) >= 11 is 7.50. The zero-order valence-electron chi connectivity index (χ0n) is 16.2. The molecule has 0 atom stereocenters. The standard InChI is InChI=1S/C22H22ClN3O2S/c1-28-20-5-3-2-4-19(20)25-10-12-26(13-11-25)21(27)14-18-15-29-22(24-18)16-6-8-17(23)9-7-16/h2-9,15H,10-14H2,1H3. The average molecular weight is 428 g/mol. The monoisotopic (exact) mass is 427 g/mol. The summed E-state index contributed by atoms with van der Waals surface area (Å²) in [6.45, 7) is 2.98. The Labute approximate surface area is 179 Å². The van der Waals surface area contributed by atoms with Crippen LogP contribution in [0.15, 0.2) is 53.9 Å². The largest absolute Gasteiger partial charge is 0.495 e. The van der Waals surface area contributed by atoms with Gasteiger partial charge in [-0.05, 0) is 24.3 Å². The molecule has 0 bridgehead atoms. The minimum absolute atomic E-state index is 0.123. The smallest absolute Gasteiger partial charge is 0.228 e. The second-order valence-corrected chi connectivity index (χ2v) is 8.16. The Morgan fingerprint density at radius 2 is 1.83 bits per heavy atom. The lowest BCUT2D eigenvalue weighted by molar-refractivity contribution is -0.130. The Kier molecular flexibility index (Phi) is 6.02. The van der Waals surface area contributed by atoms with E-state index in [0.29, 0.717) is 24.5 Å². The van der Waals surface area contributed by atoms with Crippen LogP contribution in [0, 0.1) is 0 Å². The highest BCUT2D eigenvalue weighted by molar-refractivity contribution is 7.13. The molecule has 0 spiro atoms. The summed E-state index contributed by atoms with van der Waals surface area (Å²) in [6.07, 6.45) is 0.332. The van der Waals surface area contributed by atoms with E-state index in [4.69, 9.17) is 16.3 Å². The molecule has 0 aliphatic carbocycles. The molecule has 0 radical (unpaired) electrons. The molecule has 1 aliphatic heterocycles. The van der Waals surface area contributed by atoms with Gasteiger partial charge in [-0.3, -0.25) is 4.79 Å². The number of thiazole rings is 1. The van der Waals surface area contributed by atoms with Crippen LogP contribution in [0.4, 0.5) is 5.69 Å². The molecule has 1 aliphatic rings. The van der Waals surface area contributed by atoms with E-state index in [1.807, 2.05) is 52.7 Å². The van der Waals surface area contributed by atoms with Crippen molar-refractivity contribution in [2.45, 2.75) is 6.42 Å². The SMILES string of the molecule is COc1ccccc1N1CCN(C(=O)Cc2csc(-c3ccc(Cl)cc3)n2)CC1. The first-order valence-electron chi connectivity index (χ1n) is 9.50. The molecule has 1 amide bonds. The van der Waals surface area contributed by atoms with Gasteiger partial charge in [0.1, 0.15) is 10.8 Å². The van der Waals surface area contributed by atoms with Crippen LogP contribution in [0.2, 0.25) is 5.02 Å². The van der Waals surface area contributed by atoms with E-state index >= 15 is 0 Å². The molecule has 3 aromatic rings. The van der Waals surface area contributed by atoms with E-state index in [9.17, 15) is 4.79 Å². The van der Waals surface area contributed by atoms with Crippen LogP contribution in [0.5, 0.6) is 5.75 Å². The Bertz CT molecular complexity index is 982. The van der Waals surface area contributed by atoms with E-state index in [1.165, 1.54) is 0 Å². The van der Waals surface area contributed by atoms with Crippen molar-refractivity contribution < 1.29 is 9.53 Å².